The molecule has 2 aromatic heterocycles. The molecule has 1 aromatic carbocycles. The van der Waals surface area contributed by atoms with E-state index in [-0.39, 0.29) is 11.8 Å². The Hall–Kier alpha value is -2.74. The molecule has 0 saturated carbocycles. The number of carbonyl (C=O) groups is 2. The molecule has 4 rings (SSSR count). The van der Waals surface area contributed by atoms with E-state index in [0.717, 1.165) is 37.2 Å². The number of thiophene rings is 1. The first-order chi connectivity index (χ1) is 15.5. The maximum Gasteiger partial charge on any atom is 0.262 e. The summed E-state index contributed by atoms with van der Waals surface area (Å²) in [5.74, 6) is -0.591. The number of fused-ring (bicyclic) bond motifs is 1. The van der Waals surface area contributed by atoms with E-state index in [9.17, 15) is 9.59 Å². The maximum atomic E-state index is 13.2. The largest absolute Gasteiger partial charge is 0.339 e. The number of nitrogens with zero attached hydrogens (tertiary/aromatic N) is 2. The first-order valence-corrected chi connectivity index (χ1v) is 11.7. The van der Waals surface area contributed by atoms with Crippen molar-refractivity contribution in [2.45, 2.75) is 25.3 Å². The van der Waals surface area contributed by atoms with Gasteiger partial charge in [0.15, 0.2) is 0 Å². The van der Waals surface area contributed by atoms with Crippen LogP contribution in [0.1, 0.15) is 26.4 Å². The van der Waals surface area contributed by atoms with Crippen LogP contribution >= 0.6 is 22.9 Å². The highest BCUT2D eigenvalue weighted by Crippen LogP contribution is 2.22. The summed E-state index contributed by atoms with van der Waals surface area (Å²) in [6, 6.07) is 12.4. The van der Waals surface area contributed by atoms with E-state index in [1.54, 1.807) is 24.5 Å². The van der Waals surface area contributed by atoms with Gasteiger partial charge in [0.25, 0.3) is 5.91 Å². The second-order valence-corrected chi connectivity index (χ2v) is 9.69. The van der Waals surface area contributed by atoms with Crippen molar-refractivity contribution in [1.82, 2.24) is 15.2 Å². The number of hydrogen-bond acceptors (Lipinski definition) is 5. The molecular formula is C24H25ClN4O2S. The van der Waals surface area contributed by atoms with Gasteiger partial charge >= 0.3 is 0 Å². The second kappa shape index (κ2) is 10.3. The Bertz CT molecular complexity index is 1100. The summed E-state index contributed by atoms with van der Waals surface area (Å²) in [5, 5.41) is 5.86. The maximum absolute atomic E-state index is 13.2. The van der Waals surface area contributed by atoms with Crippen LogP contribution in [0.4, 0.5) is 5.69 Å². The Labute approximate surface area is 196 Å². The third-order valence-corrected chi connectivity index (χ3v) is 6.81. The standard InChI is InChI=1S/C24H25ClN4O2S/c1-29-11-8-17-4-5-19(14-18(17)9-12-29)27-23(30)20(13-16-3-2-10-26-15-16)28-24(31)21-6-7-22(25)32-21/h2-7,10,14-15,20H,8-9,11-13H2,1H3,(H,27,30)(H,28,31)/t20-/m1/s1. The van der Waals surface area contributed by atoms with Crippen molar-refractivity contribution >= 4 is 40.4 Å². The zero-order chi connectivity index (χ0) is 22.5. The number of amides is 2. The molecule has 3 aromatic rings. The van der Waals surface area contributed by atoms with E-state index in [1.807, 2.05) is 24.3 Å². The number of benzene rings is 1. The normalized spacial score (nSPS) is 14.8. The number of carbonyl (C=O) groups excluding carboxylic acids is 2. The molecule has 2 N–H and O–H groups in total. The number of nitrogens with one attached hydrogen (secondary N) is 2. The highest BCUT2D eigenvalue weighted by atomic mass is 35.5. The number of hydrogen-bond donors (Lipinski definition) is 2. The number of likely N-dealkylation sites (N-methyl/N-ethyl adjacent to an activating group) is 1. The molecule has 0 unspecified atom stereocenters. The fourth-order valence-electron chi connectivity index (χ4n) is 3.77. The number of halogens is 1. The third kappa shape index (κ3) is 5.73. The van der Waals surface area contributed by atoms with Gasteiger partial charge in [-0.3, -0.25) is 14.6 Å². The Morgan fingerprint density at radius 1 is 1.16 bits per heavy atom. The molecular weight excluding hydrogens is 444 g/mol. The van der Waals surface area contributed by atoms with Crippen LogP contribution in [-0.4, -0.2) is 47.9 Å². The van der Waals surface area contributed by atoms with Gasteiger partial charge in [0.1, 0.15) is 6.04 Å². The summed E-state index contributed by atoms with van der Waals surface area (Å²) in [4.78, 5) is 32.8. The molecule has 1 atom stereocenters. The van der Waals surface area contributed by atoms with Crippen LogP contribution in [0.2, 0.25) is 4.34 Å². The molecule has 0 fully saturated rings. The van der Waals surface area contributed by atoms with Crippen molar-refractivity contribution in [3.63, 3.8) is 0 Å². The minimum atomic E-state index is -0.752. The zero-order valence-corrected chi connectivity index (χ0v) is 19.4. The van der Waals surface area contributed by atoms with Gasteiger partial charge in [-0.1, -0.05) is 23.7 Å². The van der Waals surface area contributed by atoms with Gasteiger partial charge in [-0.15, -0.1) is 11.3 Å². The van der Waals surface area contributed by atoms with Crippen molar-refractivity contribution in [2.75, 3.05) is 25.5 Å². The van der Waals surface area contributed by atoms with E-state index in [2.05, 4.69) is 33.6 Å². The third-order valence-electron chi connectivity index (χ3n) is 5.58. The van der Waals surface area contributed by atoms with E-state index in [4.69, 9.17) is 11.6 Å². The van der Waals surface area contributed by atoms with Crippen molar-refractivity contribution in [1.29, 1.82) is 0 Å². The number of anilines is 1. The Morgan fingerprint density at radius 2 is 1.97 bits per heavy atom. The summed E-state index contributed by atoms with van der Waals surface area (Å²) >= 11 is 7.15. The highest BCUT2D eigenvalue weighted by Gasteiger charge is 2.23. The average Bonchev–Trinajstić information content (AvgIpc) is 3.14. The van der Waals surface area contributed by atoms with Crippen molar-refractivity contribution in [3.05, 3.63) is 80.8 Å². The van der Waals surface area contributed by atoms with Crippen LogP contribution < -0.4 is 10.6 Å². The Kier molecular flexibility index (Phi) is 7.19. The molecule has 0 bridgehead atoms. The van der Waals surface area contributed by atoms with Gasteiger partial charge in [-0.25, -0.2) is 0 Å². The minimum absolute atomic E-state index is 0.268. The minimum Gasteiger partial charge on any atom is -0.339 e. The summed E-state index contributed by atoms with van der Waals surface area (Å²) in [6.07, 6.45) is 5.67. The molecule has 0 radical (unpaired) electrons. The van der Waals surface area contributed by atoms with E-state index in [1.165, 1.54) is 22.5 Å². The van der Waals surface area contributed by atoms with Gasteiger partial charge in [0.05, 0.1) is 9.21 Å². The molecule has 1 aliphatic rings. The highest BCUT2D eigenvalue weighted by molar-refractivity contribution is 7.18. The van der Waals surface area contributed by atoms with Gasteiger partial charge in [-0.2, -0.15) is 0 Å². The molecule has 1 aliphatic heterocycles. The fraction of sp³-hybridized carbons (Fsp3) is 0.292. The van der Waals surface area contributed by atoms with E-state index >= 15 is 0 Å². The molecule has 8 heteroatoms. The SMILES string of the molecule is CN1CCc2ccc(NC(=O)[C@@H](Cc3cccnc3)NC(=O)c3ccc(Cl)s3)cc2CC1. The predicted molar refractivity (Wildman–Crippen MR) is 129 cm³/mol. The van der Waals surface area contributed by atoms with Crippen molar-refractivity contribution < 1.29 is 9.59 Å². The van der Waals surface area contributed by atoms with Crippen LogP contribution in [-0.2, 0) is 24.1 Å². The first kappa shape index (κ1) is 22.5. The van der Waals surface area contributed by atoms with Gasteiger partial charge < -0.3 is 15.5 Å². The lowest BCUT2D eigenvalue weighted by Crippen LogP contribution is -2.45. The molecule has 0 spiro atoms. The lowest BCUT2D eigenvalue weighted by molar-refractivity contribution is -0.118. The fourth-order valence-corrected chi connectivity index (χ4v) is 4.72. The summed E-state index contributed by atoms with van der Waals surface area (Å²) in [7, 11) is 2.13. The van der Waals surface area contributed by atoms with E-state index in [0.29, 0.717) is 15.6 Å². The van der Waals surface area contributed by atoms with Gasteiger partial charge in [0, 0.05) is 37.6 Å². The number of rotatable bonds is 6. The quantitative estimate of drug-likeness (QED) is 0.577. The Morgan fingerprint density at radius 3 is 2.69 bits per heavy atom. The topological polar surface area (TPSA) is 74.3 Å². The van der Waals surface area contributed by atoms with Gasteiger partial charge in [-0.05, 0) is 66.9 Å². The van der Waals surface area contributed by atoms with E-state index < -0.39 is 6.04 Å². The zero-order valence-electron chi connectivity index (χ0n) is 17.8. The molecule has 3 heterocycles. The molecule has 32 heavy (non-hydrogen) atoms. The lowest BCUT2D eigenvalue weighted by atomic mass is 10.0. The average molecular weight is 469 g/mol. The van der Waals surface area contributed by atoms with Crippen LogP contribution in [0.3, 0.4) is 0 Å². The molecule has 0 saturated heterocycles. The molecule has 2 amide bonds. The Balaban J connectivity index is 1.51. The lowest BCUT2D eigenvalue weighted by Gasteiger charge is -2.19. The summed E-state index contributed by atoms with van der Waals surface area (Å²) in [5.41, 5.74) is 4.18. The first-order valence-electron chi connectivity index (χ1n) is 10.5. The van der Waals surface area contributed by atoms with Crippen LogP contribution in [0.5, 0.6) is 0 Å². The number of pyridine rings is 1. The van der Waals surface area contributed by atoms with Crippen molar-refractivity contribution in [2.24, 2.45) is 0 Å². The molecule has 0 aliphatic carbocycles. The summed E-state index contributed by atoms with van der Waals surface area (Å²) < 4.78 is 0.527. The van der Waals surface area contributed by atoms with Crippen molar-refractivity contribution in [3.8, 4) is 0 Å². The van der Waals surface area contributed by atoms with Crippen LogP contribution in [0.25, 0.3) is 0 Å². The molecule has 166 valence electrons. The smallest absolute Gasteiger partial charge is 0.262 e. The van der Waals surface area contributed by atoms with Crippen LogP contribution in [0.15, 0.2) is 54.9 Å². The van der Waals surface area contributed by atoms with Crippen LogP contribution in [0, 0.1) is 0 Å². The summed E-state index contributed by atoms with van der Waals surface area (Å²) in [6.45, 7) is 2.03. The predicted octanol–water partition coefficient (Wildman–Crippen LogP) is 3.81. The second-order valence-electron chi connectivity index (χ2n) is 7.97. The molecule has 6 nitrogen and oxygen atoms in total. The monoisotopic (exact) mass is 468 g/mol. The number of aromatic nitrogens is 1. The van der Waals surface area contributed by atoms with Gasteiger partial charge in [0.2, 0.25) is 5.91 Å².